The Kier molecular flexibility index (Phi) is 3.91. The maximum atomic E-state index is 12.3. The Morgan fingerprint density at radius 1 is 1.12 bits per heavy atom. The van der Waals surface area contributed by atoms with Gasteiger partial charge in [0.25, 0.3) is 5.91 Å². The summed E-state index contributed by atoms with van der Waals surface area (Å²) >= 11 is 0. The summed E-state index contributed by atoms with van der Waals surface area (Å²) in [7, 11) is 0. The molecule has 2 aromatic carbocycles. The number of amides is 1. The minimum Gasteiger partial charge on any atom is -0.490 e. The first kappa shape index (κ1) is 14.8. The van der Waals surface area contributed by atoms with Crippen molar-refractivity contribution in [3.05, 3.63) is 54.1 Å². The summed E-state index contributed by atoms with van der Waals surface area (Å²) in [5.41, 5.74) is 1.48. The van der Waals surface area contributed by atoms with Gasteiger partial charge in [0.05, 0.1) is 11.6 Å². The quantitative estimate of drug-likeness (QED) is 0.759. The lowest BCUT2D eigenvalue weighted by Gasteiger charge is -2.13. The SMILES string of the molecule is O=C(Nc1n[nH]c2ccc(OC3CCCC3)cc12)c1ccccc1. The number of hydrogen-bond acceptors (Lipinski definition) is 3. The van der Waals surface area contributed by atoms with Crippen molar-refractivity contribution < 1.29 is 9.53 Å². The molecule has 2 N–H and O–H groups in total. The maximum absolute atomic E-state index is 12.3. The predicted molar refractivity (Wildman–Crippen MR) is 93.4 cm³/mol. The summed E-state index contributed by atoms with van der Waals surface area (Å²) in [5, 5.41) is 10.9. The van der Waals surface area contributed by atoms with Crippen LogP contribution in [-0.4, -0.2) is 22.2 Å². The van der Waals surface area contributed by atoms with E-state index in [0.717, 1.165) is 29.5 Å². The molecule has 5 heteroatoms. The molecule has 1 aliphatic carbocycles. The second kappa shape index (κ2) is 6.35. The number of ether oxygens (including phenoxy) is 1. The third kappa shape index (κ3) is 2.97. The number of carbonyl (C=O) groups is 1. The molecule has 0 unspecified atom stereocenters. The van der Waals surface area contributed by atoms with Crippen LogP contribution >= 0.6 is 0 Å². The van der Waals surface area contributed by atoms with E-state index < -0.39 is 0 Å². The molecule has 0 atom stereocenters. The summed E-state index contributed by atoms with van der Waals surface area (Å²) in [4.78, 5) is 12.3. The number of anilines is 1. The number of fused-ring (bicyclic) bond motifs is 1. The fourth-order valence-corrected chi connectivity index (χ4v) is 3.13. The zero-order valence-corrected chi connectivity index (χ0v) is 13.3. The van der Waals surface area contributed by atoms with Crippen LogP contribution in [0.1, 0.15) is 36.0 Å². The highest BCUT2D eigenvalue weighted by Gasteiger charge is 2.17. The van der Waals surface area contributed by atoms with E-state index in [1.807, 2.05) is 36.4 Å². The van der Waals surface area contributed by atoms with Crippen molar-refractivity contribution in [1.82, 2.24) is 10.2 Å². The molecular weight excluding hydrogens is 302 g/mol. The lowest BCUT2D eigenvalue weighted by atomic mass is 10.2. The molecule has 3 aromatic rings. The number of aromatic nitrogens is 2. The highest BCUT2D eigenvalue weighted by Crippen LogP contribution is 2.29. The van der Waals surface area contributed by atoms with Crippen LogP contribution in [0.3, 0.4) is 0 Å². The Labute approximate surface area is 140 Å². The van der Waals surface area contributed by atoms with Crippen molar-refractivity contribution in [1.29, 1.82) is 0 Å². The van der Waals surface area contributed by atoms with Crippen LogP contribution in [0.2, 0.25) is 0 Å². The van der Waals surface area contributed by atoms with E-state index in [-0.39, 0.29) is 5.91 Å². The van der Waals surface area contributed by atoms with Gasteiger partial charge in [-0.05, 0) is 56.0 Å². The minimum atomic E-state index is -0.175. The molecule has 0 radical (unpaired) electrons. The fourth-order valence-electron chi connectivity index (χ4n) is 3.13. The molecule has 1 saturated carbocycles. The van der Waals surface area contributed by atoms with Gasteiger partial charge in [-0.15, -0.1) is 0 Å². The largest absolute Gasteiger partial charge is 0.490 e. The van der Waals surface area contributed by atoms with E-state index >= 15 is 0 Å². The molecule has 1 aromatic heterocycles. The highest BCUT2D eigenvalue weighted by molar-refractivity contribution is 6.07. The molecule has 1 aliphatic rings. The average molecular weight is 321 g/mol. The number of rotatable bonds is 4. The highest BCUT2D eigenvalue weighted by atomic mass is 16.5. The topological polar surface area (TPSA) is 67.0 Å². The Bertz CT molecular complexity index is 851. The van der Waals surface area contributed by atoms with Crippen molar-refractivity contribution in [2.45, 2.75) is 31.8 Å². The monoisotopic (exact) mass is 321 g/mol. The van der Waals surface area contributed by atoms with Gasteiger partial charge in [-0.25, -0.2) is 0 Å². The van der Waals surface area contributed by atoms with Crippen LogP contribution in [0.5, 0.6) is 5.75 Å². The van der Waals surface area contributed by atoms with Crippen LogP contribution in [0.15, 0.2) is 48.5 Å². The number of carbonyl (C=O) groups excluding carboxylic acids is 1. The Morgan fingerprint density at radius 3 is 2.71 bits per heavy atom. The maximum Gasteiger partial charge on any atom is 0.256 e. The van der Waals surface area contributed by atoms with Gasteiger partial charge in [0.15, 0.2) is 5.82 Å². The van der Waals surface area contributed by atoms with Crippen molar-refractivity contribution in [2.75, 3.05) is 5.32 Å². The smallest absolute Gasteiger partial charge is 0.256 e. The minimum absolute atomic E-state index is 0.175. The standard InChI is InChI=1S/C19H19N3O2/c23-19(13-6-2-1-3-7-13)20-18-16-12-15(10-11-17(16)21-22-18)24-14-8-4-5-9-14/h1-3,6-7,10-12,14H,4-5,8-9H2,(H2,20,21,22,23). The van der Waals surface area contributed by atoms with Gasteiger partial charge in [0, 0.05) is 10.9 Å². The number of hydrogen-bond donors (Lipinski definition) is 2. The van der Waals surface area contributed by atoms with E-state index in [0.29, 0.717) is 17.5 Å². The first-order chi connectivity index (χ1) is 11.8. The number of benzene rings is 2. The molecule has 1 fully saturated rings. The van der Waals surface area contributed by atoms with Crippen LogP contribution in [0.25, 0.3) is 10.9 Å². The molecule has 1 heterocycles. The molecule has 4 rings (SSSR count). The molecule has 0 saturated heterocycles. The zero-order chi connectivity index (χ0) is 16.4. The summed E-state index contributed by atoms with van der Waals surface area (Å²) < 4.78 is 6.04. The second-order valence-corrected chi connectivity index (χ2v) is 6.12. The molecule has 0 spiro atoms. The van der Waals surface area contributed by atoms with Crippen molar-refractivity contribution >= 4 is 22.6 Å². The molecular formula is C19H19N3O2. The zero-order valence-electron chi connectivity index (χ0n) is 13.3. The number of nitrogens with zero attached hydrogens (tertiary/aromatic N) is 1. The van der Waals surface area contributed by atoms with Crippen molar-refractivity contribution in [2.24, 2.45) is 0 Å². The van der Waals surface area contributed by atoms with Crippen LogP contribution in [0.4, 0.5) is 5.82 Å². The van der Waals surface area contributed by atoms with Gasteiger partial charge in [-0.2, -0.15) is 5.10 Å². The van der Waals surface area contributed by atoms with Gasteiger partial charge >= 0.3 is 0 Å². The normalized spacial score (nSPS) is 14.8. The molecule has 24 heavy (non-hydrogen) atoms. The molecule has 5 nitrogen and oxygen atoms in total. The van der Waals surface area contributed by atoms with Crippen LogP contribution < -0.4 is 10.1 Å². The van der Waals surface area contributed by atoms with Gasteiger partial charge < -0.3 is 10.1 Å². The van der Waals surface area contributed by atoms with Gasteiger partial charge in [0.1, 0.15) is 5.75 Å². The average Bonchev–Trinajstić information content (AvgIpc) is 3.26. The predicted octanol–water partition coefficient (Wildman–Crippen LogP) is 4.14. The number of nitrogens with one attached hydrogen (secondary N) is 2. The third-order valence-corrected chi connectivity index (χ3v) is 4.41. The van der Waals surface area contributed by atoms with Crippen molar-refractivity contribution in [3.63, 3.8) is 0 Å². The summed E-state index contributed by atoms with van der Waals surface area (Å²) in [6, 6.07) is 14.9. The Hall–Kier alpha value is -2.82. The van der Waals surface area contributed by atoms with Crippen LogP contribution in [0, 0.1) is 0 Å². The summed E-state index contributed by atoms with van der Waals surface area (Å²) in [6.45, 7) is 0. The van der Waals surface area contributed by atoms with Crippen LogP contribution in [-0.2, 0) is 0 Å². The summed E-state index contributed by atoms with van der Waals surface area (Å²) in [5.74, 6) is 1.17. The van der Waals surface area contributed by atoms with E-state index in [9.17, 15) is 4.79 Å². The first-order valence-electron chi connectivity index (χ1n) is 8.31. The van der Waals surface area contributed by atoms with E-state index in [1.54, 1.807) is 12.1 Å². The molecule has 0 bridgehead atoms. The summed E-state index contributed by atoms with van der Waals surface area (Å²) in [6.07, 6.45) is 4.99. The lowest BCUT2D eigenvalue weighted by molar-refractivity contribution is 0.102. The Morgan fingerprint density at radius 2 is 1.92 bits per heavy atom. The first-order valence-corrected chi connectivity index (χ1v) is 8.31. The molecule has 1 amide bonds. The van der Waals surface area contributed by atoms with Crippen molar-refractivity contribution in [3.8, 4) is 5.75 Å². The fraction of sp³-hybridized carbons (Fsp3) is 0.263. The van der Waals surface area contributed by atoms with Gasteiger partial charge in [-0.3, -0.25) is 9.89 Å². The van der Waals surface area contributed by atoms with E-state index in [1.165, 1.54) is 12.8 Å². The lowest BCUT2D eigenvalue weighted by Crippen LogP contribution is -2.12. The van der Waals surface area contributed by atoms with E-state index in [4.69, 9.17) is 4.74 Å². The second-order valence-electron chi connectivity index (χ2n) is 6.12. The number of aromatic amines is 1. The molecule has 122 valence electrons. The van der Waals surface area contributed by atoms with E-state index in [2.05, 4.69) is 15.5 Å². The van der Waals surface area contributed by atoms with Gasteiger partial charge in [-0.1, -0.05) is 18.2 Å². The Balaban J connectivity index is 1.57. The molecule has 0 aliphatic heterocycles. The van der Waals surface area contributed by atoms with Gasteiger partial charge in [0.2, 0.25) is 0 Å². The number of H-pyrrole nitrogens is 1. The third-order valence-electron chi connectivity index (χ3n) is 4.41.